The summed E-state index contributed by atoms with van der Waals surface area (Å²) in [5.41, 5.74) is 5.55. The highest BCUT2D eigenvalue weighted by atomic mass is 16.5. The molecule has 1 aliphatic rings. The zero-order valence-electron chi connectivity index (χ0n) is 8.40. The largest absolute Gasteiger partial charge is 0.488 e. The predicted molar refractivity (Wildman–Crippen MR) is 53.0 cm³/mol. The Morgan fingerprint density at radius 3 is 2.87 bits per heavy atom. The summed E-state index contributed by atoms with van der Waals surface area (Å²) in [4.78, 5) is 15.1. The maximum Gasteiger partial charge on any atom is 0.252 e. The highest BCUT2D eigenvalue weighted by Gasteiger charge is 2.25. The molecule has 2 rings (SSSR count). The number of pyridine rings is 1. The molecule has 0 saturated heterocycles. The normalized spacial score (nSPS) is 14.7. The van der Waals surface area contributed by atoms with Crippen molar-refractivity contribution >= 4 is 5.91 Å². The minimum absolute atomic E-state index is 0.207. The highest BCUT2D eigenvalue weighted by molar-refractivity contribution is 5.95. The minimum atomic E-state index is -0.536. The molecule has 0 spiro atoms. The van der Waals surface area contributed by atoms with E-state index >= 15 is 0 Å². The van der Waals surface area contributed by atoms with Crippen LogP contribution in [0.2, 0.25) is 0 Å². The molecule has 0 aromatic carbocycles. The van der Waals surface area contributed by atoms with Gasteiger partial charge in [0.2, 0.25) is 5.88 Å². The van der Waals surface area contributed by atoms with Crippen molar-refractivity contribution in [1.82, 2.24) is 4.98 Å². The van der Waals surface area contributed by atoms with Gasteiger partial charge >= 0.3 is 0 Å². The van der Waals surface area contributed by atoms with E-state index in [1.165, 1.54) is 19.4 Å². The quantitative estimate of drug-likeness (QED) is 0.791. The van der Waals surface area contributed by atoms with Gasteiger partial charge in [-0.3, -0.25) is 4.79 Å². The van der Waals surface area contributed by atoms with Crippen molar-refractivity contribution in [2.75, 3.05) is 7.11 Å². The third kappa shape index (κ3) is 2.18. The number of nitrogens with zero attached hydrogens (tertiary/aromatic N) is 1. The number of primary amides is 1. The average Bonchev–Trinajstić information content (AvgIpc) is 3.02. The molecule has 1 heterocycles. The second-order valence-corrected chi connectivity index (χ2v) is 3.40. The number of amides is 1. The van der Waals surface area contributed by atoms with E-state index in [1.807, 2.05) is 0 Å². The molecule has 80 valence electrons. The maximum absolute atomic E-state index is 11.2. The summed E-state index contributed by atoms with van der Waals surface area (Å²) < 4.78 is 10.4. The van der Waals surface area contributed by atoms with Crippen molar-refractivity contribution in [1.29, 1.82) is 0 Å². The van der Waals surface area contributed by atoms with Crippen molar-refractivity contribution in [2.45, 2.75) is 18.9 Å². The van der Waals surface area contributed by atoms with Crippen molar-refractivity contribution in [3.8, 4) is 11.6 Å². The van der Waals surface area contributed by atoms with Gasteiger partial charge in [0.15, 0.2) is 5.75 Å². The number of hydrogen-bond donors (Lipinski definition) is 1. The molecule has 1 saturated carbocycles. The van der Waals surface area contributed by atoms with E-state index in [9.17, 15) is 4.79 Å². The van der Waals surface area contributed by atoms with Gasteiger partial charge in [0, 0.05) is 6.07 Å². The first-order valence-electron chi connectivity index (χ1n) is 4.71. The van der Waals surface area contributed by atoms with Crippen LogP contribution in [0.25, 0.3) is 0 Å². The molecular formula is C10H12N2O3. The Hall–Kier alpha value is -1.78. The second-order valence-electron chi connectivity index (χ2n) is 3.40. The van der Waals surface area contributed by atoms with Crippen molar-refractivity contribution in [2.24, 2.45) is 5.73 Å². The first kappa shape index (κ1) is 9.76. The molecule has 0 unspecified atom stereocenters. The Morgan fingerprint density at radius 1 is 1.60 bits per heavy atom. The van der Waals surface area contributed by atoms with Gasteiger partial charge in [-0.1, -0.05) is 0 Å². The van der Waals surface area contributed by atoms with E-state index in [0.29, 0.717) is 17.2 Å². The summed E-state index contributed by atoms with van der Waals surface area (Å²) in [6.45, 7) is 0. The summed E-state index contributed by atoms with van der Waals surface area (Å²) in [6, 6.07) is 1.49. The molecule has 0 atom stereocenters. The molecule has 5 heteroatoms. The summed E-state index contributed by atoms with van der Waals surface area (Å²) >= 11 is 0. The standard InChI is InChI=1S/C10H12N2O3/c1-14-9-4-7(10(11)13)8(5-12-9)15-6-2-3-6/h4-6H,2-3H2,1H3,(H2,11,13). The fraction of sp³-hybridized carbons (Fsp3) is 0.400. The van der Waals surface area contributed by atoms with Crippen LogP contribution in [0.15, 0.2) is 12.3 Å². The molecular weight excluding hydrogens is 196 g/mol. The number of carbonyl (C=O) groups excluding carboxylic acids is 1. The first-order chi connectivity index (χ1) is 7.20. The van der Waals surface area contributed by atoms with Crippen molar-refractivity contribution < 1.29 is 14.3 Å². The third-order valence-corrected chi connectivity index (χ3v) is 2.13. The van der Waals surface area contributed by atoms with Crippen LogP contribution in [0.3, 0.4) is 0 Å². The molecule has 0 aliphatic heterocycles. The van der Waals surface area contributed by atoms with Crippen molar-refractivity contribution in [3.05, 3.63) is 17.8 Å². The van der Waals surface area contributed by atoms with Crippen LogP contribution in [-0.2, 0) is 0 Å². The van der Waals surface area contributed by atoms with Gasteiger partial charge in [-0.25, -0.2) is 4.98 Å². The Morgan fingerprint density at radius 2 is 2.33 bits per heavy atom. The molecule has 5 nitrogen and oxygen atoms in total. The van der Waals surface area contributed by atoms with Gasteiger partial charge in [-0.05, 0) is 12.8 Å². The molecule has 1 amide bonds. The SMILES string of the molecule is COc1cc(C(N)=O)c(OC2CC2)cn1. The summed E-state index contributed by atoms with van der Waals surface area (Å²) in [5.74, 6) is 0.254. The van der Waals surface area contributed by atoms with E-state index in [-0.39, 0.29) is 6.10 Å². The molecule has 0 bridgehead atoms. The molecule has 1 aromatic rings. The van der Waals surface area contributed by atoms with E-state index in [4.69, 9.17) is 15.2 Å². The number of aromatic nitrogens is 1. The Balaban J connectivity index is 2.29. The lowest BCUT2D eigenvalue weighted by Gasteiger charge is -2.08. The first-order valence-corrected chi connectivity index (χ1v) is 4.71. The van der Waals surface area contributed by atoms with Crippen LogP contribution in [0.4, 0.5) is 0 Å². The smallest absolute Gasteiger partial charge is 0.252 e. The fourth-order valence-corrected chi connectivity index (χ4v) is 1.19. The molecule has 0 radical (unpaired) electrons. The summed E-state index contributed by atoms with van der Waals surface area (Å²) in [7, 11) is 1.48. The van der Waals surface area contributed by atoms with Crippen LogP contribution in [0.5, 0.6) is 11.6 Å². The number of methoxy groups -OCH3 is 1. The lowest BCUT2D eigenvalue weighted by atomic mass is 10.2. The second kappa shape index (κ2) is 3.76. The van der Waals surface area contributed by atoms with Gasteiger partial charge in [0.1, 0.15) is 0 Å². The lowest BCUT2D eigenvalue weighted by molar-refractivity contribution is 0.0995. The number of nitrogens with two attached hydrogens (primary N) is 1. The molecule has 1 fully saturated rings. The van der Waals surface area contributed by atoms with E-state index in [0.717, 1.165) is 12.8 Å². The minimum Gasteiger partial charge on any atom is -0.488 e. The van der Waals surface area contributed by atoms with Gasteiger partial charge < -0.3 is 15.2 Å². The zero-order chi connectivity index (χ0) is 10.8. The van der Waals surface area contributed by atoms with Gasteiger partial charge in [0.25, 0.3) is 5.91 Å². The number of ether oxygens (including phenoxy) is 2. The molecule has 1 aliphatic carbocycles. The lowest BCUT2D eigenvalue weighted by Crippen LogP contribution is -2.14. The summed E-state index contributed by atoms with van der Waals surface area (Å²) in [5, 5.41) is 0. The van der Waals surface area contributed by atoms with E-state index < -0.39 is 5.91 Å². The molecule has 15 heavy (non-hydrogen) atoms. The monoisotopic (exact) mass is 208 g/mol. The van der Waals surface area contributed by atoms with Crippen LogP contribution in [-0.4, -0.2) is 24.1 Å². The topological polar surface area (TPSA) is 74.4 Å². The van der Waals surface area contributed by atoms with Gasteiger partial charge in [0.05, 0.1) is 25.0 Å². The number of hydrogen-bond acceptors (Lipinski definition) is 4. The predicted octanol–water partition coefficient (Wildman–Crippen LogP) is 0.730. The maximum atomic E-state index is 11.2. The van der Waals surface area contributed by atoms with Gasteiger partial charge in [-0.2, -0.15) is 0 Å². The van der Waals surface area contributed by atoms with Crippen molar-refractivity contribution in [3.63, 3.8) is 0 Å². The highest BCUT2D eigenvalue weighted by Crippen LogP contribution is 2.29. The van der Waals surface area contributed by atoms with Crippen LogP contribution in [0, 0.1) is 0 Å². The fourth-order valence-electron chi connectivity index (χ4n) is 1.19. The third-order valence-electron chi connectivity index (χ3n) is 2.13. The zero-order valence-corrected chi connectivity index (χ0v) is 8.40. The Kier molecular flexibility index (Phi) is 2.45. The summed E-state index contributed by atoms with van der Waals surface area (Å²) in [6.07, 6.45) is 3.71. The molecule has 2 N–H and O–H groups in total. The average molecular weight is 208 g/mol. The van der Waals surface area contributed by atoms with E-state index in [1.54, 1.807) is 0 Å². The Bertz CT molecular complexity index is 388. The van der Waals surface area contributed by atoms with E-state index in [2.05, 4.69) is 4.98 Å². The van der Waals surface area contributed by atoms with Crippen LogP contribution < -0.4 is 15.2 Å². The molecule has 1 aromatic heterocycles. The van der Waals surface area contributed by atoms with Crippen LogP contribution in [0.1, 0.15) is 23.2 Å². The number of carbonyl (C=O) groups is 1. The Labute approximate surface area is 87.2 Å². The number of rotatable bonds is 4. The van der Waals surface area contributed by atoms with Gasteiger partial charge in [-0.15, -0.1) is 0 Å². The van der Waals surface area contributed by atoms with Crippen LogP contribution >= 0.6 is 0 Å².